The Morgan fingerprint density at radius 3 is 2.35 bits per heavy atom. The van der Waals surface area contributed by atoms with Crippen molar-refractivity contribution in [2.75, 3.05) is 6.54 Å². The molecule has 1 heterocycles. The summed E-state index contributed by atoms with van der Waals surface area (Å²) in [5.41, 5.74) is 1.81. The third-order valence-corrected chi connectivity index (χ3v) is 7.77. The molecular weight excluding hydrogens is 382 g/mol. The van der Waals surface area contributed by atoms with Crippen LogP contribution in [0.1, 0.15) is 51.2 Å². The highest BCUT2D eigenvalue weighted by molar-refractivity contribution is 5.33. The van der Waals surface area contributed by atoms with Crippen molar-refractivity contribution in [3.05, 3.63) is 84.4 Å². The van der Waals surface area contributed by atoms with Gasteiger partial charge in [-0.25, -0.2) is 0 Å². The van der Waals surface area contributed by atoms with E-state index in [0.29, 0.717) is 12.5 Å². The van der Waals surface area contributed by atoms with Gasteiger partial charge < -0.3 is 9.84 Å². The lowest BCUT2D eigenvalue weighted by atomic mass is 9.66. The van der Waals surface area contributed by atoms with Gasteiger partial charge in [-0.2, -0.15) is 0 Å². The third-order valence-electron chi connectivity index (χ3n) is 7.77. The lowest BCUT2D eigenvalue weighted by Gasteiger charge is -2.63. The fourth-order valence-electron chi connectivity index (χ4n) is 5.83. The second kappa shape index (κ2) is 8.90. The van der Waals surface area contributed by atoms with Crippen molar-refractivity contribution >= 4 is 0 Å². The summed E-state index contributed by atoms with van der Waals surface area (Å²) in [5, 5.41) is 10.9. The Bertz CT molecular complexity index is 865. The van der Waals surface area contributed by atoms with Gasteiger partial charge in [0.15, 0.2) is 0 Å². The van der Waals surface area contributed by atoms with Gasteiger partial charge in [0.05, 0.1) is 18.8 Å². The Hall–Kier alpha value is -1.94. The van der Waals surface area contributed by atoms with Crippen molar-refractivity contribution in [2.45, 2.75) is 69.9 Å². The first-order chi connectivity index (χ1) is 14.9. The van der Waals surface area contributed by atoms with Crippen LogP contribution in [0.2, 0.25) is 0 Å². The largest absolute Gasteiger partial charge is 0.393 e. The van der Waals surface area contributed by atoms with Crippen molar-refractivity contribution in [2.24, 2.45) is 11.8 Å². The normalized spacial score (nSPS) is 31.7. The van der Waals surface area contributed by atoms with Gasteiger partial charge in [0.2, 0.25) is 0 Å². The molecule has 1 N–H and O–H groups in total. The zero-order valence-corrected chi connectivity index (χ0v) is 19.2. The summed E-state index contributed by atoms with van der Waals surface area (Å²) in [6.45, 7) is 12.4. The van der Waals surface area contributed by atoms with Crippen LogP contribution in [-0.2, 0) is 16.9 Å². The molecule has 3 heteroatoms. The predicted octanol–water partition coefficient (Wildman–Crippen LogP) is 5.54. The highest BCUT2D eigenvalue weighted by atomic mass is 16.5. The number of aliphatic hydroxyl groups is 1. The van der Waals surface area contributed by atoms with Crippen molar-refractivity contribution in [1.82, 2.24) is 4.90 Å². The molecule has 2 aliphatic rings. The number of benzene rings is 2. The summed E-state index contributed by atoms with van der Waals surface area (Å²) in [6, 6.07) is 21.0. The molecule has 2 aromatic carbocycles. The minimum atomic E-state index is -0.428. The van der Waals surface area contributed by atoms with E-state index in [1.807, 2.05) is 12.1 Å². The summed E-state index contributed by atoms with van der Waals surface area (Å²) in [6.07, 6.45) is 4.95. The van der Waals surface area contributed by atoms with E-state index in [4.69, 9.17) is 4.74 Å². The number of ether oxygens (including phenoxy) is 1. The molecule has 1 aliphatic carbocycles. The monoisotopic (exact) mass is 419 g/mol. The van der Waals surface area contributed by atoms with Crippen LogP contribution in [-0.4, -0.2) is 34.2 Å². The fraction of sp³-hybridized carbons (Fsp3) is 0.500. The molecule has 5 atom stereocenters. The van der Waals surface area contributed by atoms with Crippen LogP contribution in [0.5, 0.6) is 0 Å². The molecule has 0 aromatic heterocycles. The van der Waals surface area contributed by atoms with E-state index in [-0.39, 0.29) is 23.6 Å². The zero-order chi connectivity index (χ0) is 22.1. The summed E-state index contributed by atoms with van der Waals surface area (Å²) in [5.74, 6) is 0.861. The van der Waals surface area contributed by atoms with E-state index in [9.17, 15) is 5.11 Å². The molecule has 0 unspecified atom stereocenters. The van der Waals surface area contributed by atoms with E-state index < -0.39 is 5.60 Å². The summed E-state index contributed by atoms with van der Waals surface area (Å²) in [4.78, 5) is 2.50. The van der Waals surface area contributed by atoms with Gasteiger partial charge in [-0.1, -0.05) is 80.1 Å². The summed E-state index contributed by atoms with van der Waals surface area (Å²) in [7, 11) is 0. The Labute approximate surface area is 187 Å². The molecule has 1 aliphatic heterocycles. The van der Waals surface area contributed by atoms with Crippen LogP contribution in [0, 0.1) is 11.8 Å². The quantitative estimate of drug-likeness (QED) is 0.598. The number of nitrogens with zero attached hydrogens (tertiary/aromatic N) is 1. The van der Waals surface area contributed by atoms with E-state index in [1.165, 1.54) is 17.5 Å². The molecule has 0 radical (unpaired) electrons. The van der Waals surface area contributed by atoms with Crippen molar-refractivity contribution in [3.63, 3.8) is 0 Å². The van der Waals surface area contributed by atoms with Gasteiger partial charge in [0.25, 0.3) is 0 Å². The number of aliphatic hydroxyl groups excluding tert-OH is 1. The second-order valence-corrected chi connectivity index (χ2v) is 10.1. The van der Waals surface area contributed by atoms with Crippen molar-refractivity contribution in [1.29, 1.82) is 0 Å². The minimum absolute atomic E-state index is 0.0557. The zero-order valence-electron chi connectivity index (χ0n) is 19.2. The van der Waals surface area contributed by atoms with E-state index in [1.54, 1.807) is 0 Å². The molecule has 2 fully saturated rings. The Balaban J connectivity index is 1.61. The lowest BCUT2D eigenvalue weighted by molar-refractivity contribution is -0.228. The highest BCUT2D eigenvalue weighted by Gasteiger charge is 2.59. The maximum absolute atomic E-state index is 10.9. The Morgan fingerprint density at radius 2 is 1.74 bits per heavy atom. The molecule has 166 valence electrons. The molecule has 0 spiro atoms. The first-order valence-corrected chi connectivity index (χ1v) is 11.7. The van der Waals surface area contributed by atoms with Gasteiger partial charge in [-0.3, -0.25) is 4.90 Å². The molecule has 3 nitrogen and oxygen atoms in total. The van der Waals surface area contributed by atoms with Crippen molar-refractivity contribution < 1.29 is 9.84 Å². The minimum Gasteiger partial charge on any atom is -0.393 e. The third kappa shape index (κ3) is 4.11. The Morgan fingerprint density at radius 1 is 1.10 bits per heavy atom. The summed E-state index contributed by atoms with van der Waals surface area (Å²) < 4.78 is 6.72. The van der Waals surface area contributed by atoms with Crippen LogP contribution in [0.25, 0.3) is 0 Å². The number of likely N-dealkylation sites (tertiary alicyclic amines) is 1. The van der Waals surface area contributed by atoms with Crippen LogP contribution < -0.4 is 0 Å². The Kier molecular flexibility index (Phi) is 6.39. The number of hydrogen-bond donors (Lipinski definition) is 1. The molecule has 0 amide bonds. The average molecular weight is 420 g/mol. The number of rotatable bonds is 7. The van der Waals surface area contributed by atoms with Gasteiger partial charge in [0, 0.05) is 18.0 Å². The van der Waals surface area contributed by atoms with Gasteiger partial charge >= 0.3 is 0 Å². The summed E-state index contributed by atoms with van der Waals surface area (Å²) >= 11 is 0. The van der Waals surface area contributed by atoms with Gasteiger partial charge in [0.1, 0.15) is 5.60 Å². The molecule has 31 heavy (non-hydrogen) atoms. The van der Waals surface area contributed by atoms with Gasteiger partial charge in [-0.05, 0) is 43.7 Å². The van der Waals surface area contributed by atoms with Crippen LogP contribution >= 0.6 is 0 Å². The van der Waals surface area contributed by atoms with Gasteiger partial charge in [-0.15, -0.1) is 6.58 Å². The first-order valence-electron chi connectivity index (χ1n) is 11.7. The molecule has 2 aromatic rings. The molecule has 1 saturated heterocycles. The topological polar surface area (TPSA) is 32.7 Å². The maximum Gasteiger partial charge on any atom is 0.125 e. The molecular formula is C28H37NO2. The van der Waals surface area contributed by atoms with E-state index in [2.05, 4.69) is 86.8 Å². The van der Waals surface area contributed by atoms with Crippen LogP contribution in [0.4, 0.5) is 0 Å². The first kappa shape index (κ1) is 22.3. The molecule has 1 saturated carbocycles. The van der Waals surface area contributed by atoms with Crippen molar-refractivity contribution in [3.8, 4) is 0 Å². The predicted molar refractivity (Wildman–Crippen MR) is 127 cm³/mol. The van der Waals surface area contributed by atoms with Crippen LogP contribution in [0.15, 0.2) is 73.3 Å². The maximum atomic E-state index is 10.9. The standard InChI is InChI=1S/C28H37NO2/c1-5-26-28(23-14-10-7-11-15-23,31-19-22-12-8-6-9-13-22)20-29(26)27(3,4)24-17-16-21(2)18-25(24)30/h5-15,21,24-26,30H,1,16-20H2,2-4H3/t21-,24-,25-,26+,28+/m1/s1. The average Bonchev–Trinajstić information content (AvgIpc) is 2.74. The fourth-order valence-corrected chi connectivity index (χ4v) is 5.83. The molecule has 4 rings (SSSR count). The smallest absolute Gasteiger partial charge is 0.125 e. The second-order valence-electron chi connectivity index (χ2n) is 10.1. The van der Waals surface area contributed by atoms with Crippen LogP contribution in [0.3, 0.4) is 0 Å². The van der Waals surface area contributed by atoms with E-state index >= 15 is 0 Å². The SMILES string of the molecule is C=C[C@@H]1N(C(C)(C)[C@@H]2CC[C@@H](C)C[C@H]2O)C[C@]1(OCc1ccccc1)c1ccccc1. The highest BCUT2D eigenvalue weighted by Crippen LogP contribution is 2.50. The lowest BCUT2D eigenvalue weighted by Crippen LogP contribution is -2.74. The van der Waals surface area contributed by atoms with E-state index in [0.717, 1.165) is 19.4 Å². The molecule has 0 bridgehead atoms. The number of hydrogen-bond acceptors (Lipinski definition) is 3.